The number of esters is 1. The fraction of sp³-hybridized carbons (Fsp3) is 0.750. The molecule has 0 bridgehead atoms. The second-order valence-electron chi connectivity index (χ2n) is 2.57. The number of carbonyl (C=O) groups excluding carboxylic acids is 1. The molecule has 78 valence electrons. The average Bonchev–Trinajstić information content (AvgIpc) is 1.84. The van der Waals surface area contributed by atoms with Gasteiger partial charge in [0.2, 0.25) is 0 Å². The molecular weight excluding hydrogens is 194 g/mol. The van der Waals surface area contributed by atoms with Gasteiger partial charge in [-0.15, -0.1) is 12.4 Å². The van der Waals surface area contributed by atoms with Crippen molar-refractivity contribution in [3.63, 3.8) is 0 Å². The second-order valence-corrected chi connectivity index (χ2v) is 2.57. The van der Waals surface area contributed by atoms with Gasteiger partial charge in [0, 0.05) is 0 Å². The van der Waals surface area contributed by atoms with E-state index in [-0.39, 0.29) is 30.8 Å². The van der Waals surface area contributed by atoms with E-state index in [2.05, 4.69) is 4.74 Å². The fourth-order valence-electron chi connectivity index (χ4n) is 0.669. The molecule has 0 rings (SSSR count). The summed E-state index contributed by atoms with van der Waals surface area (Å²) in [4.78, 5) is 10.8. The Morgan fingerprint density at radius 2 is 2.00 bits per heavy atom. The van der Waals surface area contributed by atoms with E-state index in [0.717, 1.165) is 0 Å². The van der Waals surface area contributed by atoms with Gasteiger partial charge in [-0.3, -0.25) is 10.2 Å². The largest absolute Gasteiger partial charge is 0.478 e. The molecule has 1 N–H and O–H groups in total. The van der Waals surface area contributed by atoms with E-state index in [0.29, 0.717) is 6.61 Å². The lowest BCUT2D eigenvalue weighted by Crippen LogP contribution is -2.16. The standard InChI is InChI=1S/C8H15NO3.ClH/c1-4-11-8(10)5-7(9)12-6(2)3;/h6,9H,4-5H2,1-3H3;1H. The maximum absolute atomic E-state index is 10.8. The van der Waals surface area contributed by atoms with Crippen molar-refractivity contribution in [3.8, 4) is 0 Å². The average molecular weight is 210 g/mol. The molecule has 0 aliphatic carbocycles. The van der Waals surface area contributed by atoms with E-state index < -0.39 is 5.97 Å². The van der Waals surface area contributed by atoms with E-state index in [1.165, 1.54) is 0 Å². The van der Waals surface area contributed by atoms with Crippen molar-refractivity contribution < 1.29 is 14.3 Å². The zero-order chi connectivity index (χ0) is 9.56. The Kier molecular flexibility index (Phi) is 8.91. The van der Waals surface area contributed by atoms with Gasteiger partial charge in [-0.05, 0) is 20.8 Å². The Labute approximate surface area is 84.5 Å². The van der Waals surface area contributed by atoms with Crippen molar-refractivity contribution in [2.45, 2.75) is 33.3 Å². The number of hydrogen-bond acceptors (Lipinski definition) is 4. The van der Waals surface area contributed by atoms with Crippen LogP contribution in [0.5, 0.6) is 0 Å². The van der Waals surface area contributed by atoms with Crippen molar-refractivity contribution in [2.75, 3.05) is 6.61 Å². The molecule has 0 aromatic heterocycles. The highest BCUT2D eigenvalue weighted by atomic mass is 35.5. The van der Waals surface area contributed by atoms with Crippen molar-refractivity contribution in [1.29, 1.82) is 5.41 Å². The summed E-state index contributed by atoms with van der Waals surface area (Å²) in [6, 6.07) is 0. The van der Waals surface area contributed by atoms with E-state index in [9.17, 15) is 4.79 Å². The SMILES string of the molecule is CCOC(=O)CC(=N)OC(C)C.Cl. The van der Waals surface area contributed by atoms with Crippen LogP contribution in [0.25, 0.3) is 0 Å². The van der Waals surface area contributed by atoms with Crippen LogP contribution in [-0.4, -0.2) is 24.6 Å². The summed E-state index contributed by atoms with van der Waals surface area (Å²) in [5.74, 6) is -0.452. The lowest BCUT2D eigenvalue weighted by molar-refractivity contribution is -0.141. The monoisotopic (exact) mass is 209 g/mol. The van der Waals surface area contributed by atoms with E-state index in [1.54, 1.807) is 20.8 Å². The number of rotatable bonds is 4. The van der Waals surface area contributed by atoms with Crippen LogP contribution in [0.15, 0.2) is 0 Å². The third kappa shape index (κ3) is 9.14. The Bertz CT molecular complexity index is 171. The third-order valence-electron chi connectivity index (χ3n) is 0.988. The molecule has 13 heavy (non-hydrogen) atoms. The molecule has 0 fully saturated rings. The molecule has 0 amide bonds. The van der Waals surface area contributed by atoms with Crippen LogP contribution in [0.3, 0.4) is 0 Å². The molecule has 0 radical (unpaired) electrons. The highest BCUT2D eigenvalue weighted by molar-refractivity contribution is 5.92. The van der Waals surface area contributed by atoms with Crippen molar-refractivity contribution in [2.24, 2.45) is 0 Å². The van der Waals surface area contributed by atoms with Crippen LogP contribution in [0.1, 0.15) is 27.2 Å². The third-order valence-corrected chi connectivity index (χ3v) is 0.988. The van der Waals surface area contributed by atoms with Gasteiger partial charge < -0.3 is 9.47 Å². The number of nitrogens with one attached hydrogen (secondary N) is 1. The Morgan fingerprint density at radius 3 is 2.38 bits per heavy atom. The molecule has 0 saturated carbocycles. The summed E-state index contributed by atoms with van der Waals surface area (Å²) in [7, 11) is 0. The molecule has 0 aliphatic heterocycles. The van der Waals surface area contributed by atoms with Gasteiger partial charge in [-0.25, -0.2) is 0 Å². The van der Waals surface area contributed by atoms with Crippen LogP contribution in [-0.2, 0) is 14.3 Å². The first-order valence-electron chi connectivity index (χ1n) is 3.96. The van der Waals surface area contributed by atoms with Gasteiger partial charge >= 0.3 is 5.97 Å². The number of ether oxygens (including phenoxy) is 2. The lowest BCUT2D eigenvalue weighted by atomic mass is 10.4. The lowest BCUT2D eigenvalue weighted by Gasteiger charge is -2.09. The van der Waals surface area contributed by atoms with Crippen LogP contribution in [0.2, 0.25) is 0 Å². The van der Waals surface area contributed by atoms with Crippen molar-refractivity contribution in [3.05, 3.63) is 0 Å². The van der Waals surface area contributed by atoms with Crippen LogP contribution in [0, 0.1) is 5.41 Å². The summed E-state index contributed by atoms with van der Waals surface area (Å²) in [5, 5.41) is 7.20. The number of halogens is 1. The topological polar surface area (TPSA) is 59.4 Å². The molecule has 5 heteroatoms. The summed E-state index contributed by atoms with van der Waals surface area (Å²) in [6.07, 6.45) is -0.140. The highest BCUT2D eigenvalue weighted by Crippen LogP contribution is 1.95. The first kappa shape index (κ1) is 14.7. The Morgan fingerprint density at radius 1 is 1.46 bits per heavy atom. The van der Waals surface area contributed by atoms with Gasteiger partial charge in [0.25, 0.3) is 0 Å². The molecule has 0 aromatic rings. The van der Waals surface area contributed by atoms with Crippen molar-refractivity contribution >= 4 is 24.3 Å². The summed E-state index contributed by atoms with van der Waals surface area (Å²) < 4.78 is 9.58. The van der Waals surface area contributed by atoms with Gasteiger partial charge in [-0.1, -0.05) is 0 Å². The van der Waals surface area contributed by atoms with Crippen LogP contribution >= 0.6 is 12.4 Å². The molecule has 4 nitrogen and oxygen atoms in total. The first-order valence-corrected chi connectivity index (χ1v) is 3.96. The maximum atomic E-state index is 10.8. The Hall–Kier alpha value is -0.770. The molecule has 0 saturated heterocycles. The van der Waals surface area contributed by atoms with Gasteiger partial charge in [0.15, 0.2) is 5.90 Å². The zero-order valence-electron chi connectivity index (χ0n) is 8.12. The van der Waals surface area contributed by atoms with Crippen LogP contribution in [0.4, 0.5) is 0 Å². The molecule has 0 aliphatic rings. The normalized spacial score (nSPS) is 8.92. The smallest absolute Gasteiger partial charge is 0.315 e. The van der Waals surface area contributed by atoms with Gasteiger partial charge in [0.1, 0.15) is 6.42 Å². The summed E-state index contributed by atoms with van der Waals surface area (Å²) >= 11 is 0. The highest BCUT2D eigenvalue weighted by Gasteiger charge is 2.08. The molecular formula is C8H16ClNO3. The van der Waals surface area contributed by atoms with Gasteiger partial charge in [-0.2, -0.15) is 0 Å². The predicted molar refractivity (Wildman–Crippen MR) is 52.4 cm³/mol. The molecule has 0 unspecified atom stereocenters. The molecule has 0 spiro atoms. The molecule has 0 atom stereocenters. The number of carbonyl (C=O) groups is 1. The summed E-state index contributed by atoms with van der Waals surface area (Å²) in [5.41, 5.74) is 0. The fourth-order valence-corrected chi connectivity index (χ4v) is 0.669. The number of hydrogen-bond donors (Lipinski definition) is 1. The minimum atomic E-state index is -0.414. The zero-order valence-corrected chi connectivity index (χ0v) is 8.94. The van der Waals surface area contributed by atoms with Crippen LogP contribution < -0.4 is 0 Å². The van der Waals surface area contributed by atoms with E-state index >= 15 is 0 Å². The molecule has 0 aromatic carbocycles. The quantitative estimate of drug-likeness (QED) is 0.436. The van der Waals surface area contributed by atoms with E-state index in [1.807, 2.05) is 0 Å². The second kappa shape index (κ2) is 7.86. The Balaban J connectivity index is 0. The predicted octanol–water partition coefficient (Wildman–Crippen LogP) is 1.76. The van der Waals surface area contributed by atoms with Crippen molar-refractivity contribution in [1.82, 2.24) is 0 Å². The minimum absolute atomic E-state index is 0. The minimum Gasteiger partial charge on any atom is -0.478 e. The maximum Gasteiger partial charge on any atom is 0.315 e. The van der Waals surface area contributed by atoms with Gasteiger partial charge in [0.05, 0.1) is 12.7 Å². The summed E-state index contributed by atoms with van der Waals surface area (Å²) in [6.45, 7) is 5.68. The van der Waals surface area contributed by atoms with E-state index in [4.69, 9.17) is 10.1 Å². The molecule has 0 heterocycles. The first-order chi connectivity index (χ1) is 5.56.